The SMILES string of the molecule is COCCCNc1ccc(NC(=O)C2CCC2)cn1. The summed E-state index contributed by atoms with van der Waals surface area (Å²) < 4.78 is 4.97. The standard InChI is InChI=1S/C14H21N3O2/c1-19-9-3-8-15-13-7-6-12(10-16-13)17-14(18)11-4-2-5-11/h6-7,10-11H,2-5,8-9H2,1H3,(H,15,16)(H,17,18). The lowest BCUT2D eigenvalue weighted by atomic mass is 9.85. The van der Waals surface area contributed by atoms with Crippen LogP contribution in [0.3, 0.4) is 0 Å². The van der Waals surface area contributed by atoms with Gasteiger partial charge in [0.2, 0.25) is 5.91 Å². The summed E-state index contributed by atoms with van der Waals surface area (Å²) >= 11 is 0. The molecule has 5 heteroatoms. The Morgan fingerprint density at radius 2 is 2.32 bits per heavy atom. The molecule has 0 aliphatic heterocycles. The number of nitrogens with zero attached hydrogens (tertiary/aromatic N) is 1. The van der Waals surface area contributed by atoms with Crippen molar-refractivity contribution in [2.45, 2.75) is 25.7 Å². The number of aromatic nitrogens is 1. The van der Waals surface area contributed by atoms with Crippen LogP contribution in [-0.4, -0.2) is 31.2 Å². The minimum Gasteiger partial charge on any atom is -0.385 e. The number of rotatable bonds is 7. The average Bonchev–Trinajstić information content (AvgIpc) is 2.34. The van der Waals surface area contributed by atoms with Gasteiger partial charge in [-0.1, -0.05) is 6.42 Å². The molecule has 2 N–H and O–H groups in total. The van der Waals surface area contributed by atoms with Crippen LogP contribution in [0.1, 0.15) is 25.7 Å². The highest BCUT2D eigenvalue weighted by Crippen LogP contribution is 2.27. The van der Waals surface area contributed by atoms with E-state index in [1.807, 2.05) is 12.1 Å². The molecule has 1 aromatic rings. The lowest BCUT2D eigenvalue weighted by molar-refractivity contribution is -0.122. The van der Waals surface area contributed by atoms with Crippen LogP contribution in [0.4, 0.5) is 11.5 Å². The number of pyridine rings is 1. The fraction of sp³-hybridized carbons (Fsp3) is 0.571. The molecule has 0 unspecified atom stereocenters. The van der Waals surface area contributed by atoms with Crippen molar-refractivity contribution in [1.82, 2.24) is 4.98 Å². The first kappa shape index (κ1) is 13.8. The Bertz CT molecular complexity index is 402. The highest BCUT2D eigenvalue weighted by molar-refractivity contribution is 5.92. The molecule has 1 aliphatic carbocycles. The van der Waals surface area contributed by atoms with Crippen LogP contribution >= 0.6 is 0 Å². The van der Waals surface area contributed by atoms with Gasteiger partial charge in [-0.2, -0.15) is 0 Å². The van der Waals surface area contributed by atoms with E-state index in [-0.39, 0.29) is 11.8 Å². The Labute approximate surface area is 113 Å². The summed E-state index contributed by atoms with van der Waals surface area (Å²) in [5.41, 5.74) is 0.763. The maximum atomic E-state index is 11.8. The zero-order chi connectivity index (χ0) is 13.5. The van der Waals surface area contributed by atoms with Crippen LogP contribution in [0.5, 0.6) is 0 Å². The zero-order valence-electron chi connectivity index (χ0n) is 11.3. The van der Waals surface area contributed by atoms with Gasteiger partial charge in [0.05, 0.1) is 11.9 Å². The van der Waals surface area contributed by atoms with Gasteiger partial charge in [0.15, 0.2) is 0 Å². The maximum Gasteiger partial charge on any atom is 0.227 e. The monoisotopic (exact) mass is 263 g/mol. The highest BCUT2D eigenvalue weighted by Gasteiger charge is 2.25. The number of carbonyl (C=O) groups excluding carboxylic acids is 1. The van der Waals surface area contributed by atoms with E-state index in [0.717, 1.165) is 43.9 Å². The lowest BCUT2D eigenvalue weighted by Gasteiger charge is -2.23. The molecule has 0 bridgehead atoms. The van der Waals surface area contributed by atoms with E-state index >= 15 is 0 Å². The Kier molecular flexibility index (Phi) is 5.15. The van der Waals surface area contributed by atoms with Gasteiger partial charge in [0.25, 0.3) is 0 Å². The molecule has 1 saturated carbocycles. The third-order valence-corrected chi connectivity index (χ3v) is 3.34. The van der Waals surface area contributed by atoms with E-state index in [1.165, 1.54) is 6.42 Å². The van der Waals surface area contributed by atoms with Crippen molar-refractivity contribution < 1.29 is 9.53 Å². The number of ether oxygens (including phenoxy) is 1. The van der Waals surface area contributed by atoms with Crippen molar-refractivity contribution in [2.75, 3.05) is 30.9 Å². The summed E-state index contributed by atoms with van der Waals surface area (Å²) in [4.78, 5) is 16.0. The van der Waals surface area contributed by atoms with Gasteiger partial charge in [-0.05, 0) is 31.4 Å². The van der Waals surface area contributed by atoms with Crippen LogP contribution in [0.25, 0.3) is 0 Å². The van der Waals surface area contributed by atoms with Crippen LogP contribution in [0.2, 0.25) is 0 Å². The fourth-order valence-electron chi connectivity index (χ4n) is 1.92. The largest absolute Gasteiger partial charge is 0.385 e. The molecular formula is C14H21N3O2. The summed E-state index contributed by atoms with van der Waals surface area (Å²) in [5, 5.41) is 6.10. The second-order valence-electron chi connectivity index (χ2n) is 4.82. The predicted molar refractivity (Wildman–Crippen MR) is 75.2 cm³/mol. The molecule has 1 aliphatic rings. The van der Waals surface area contributed by atoms with Crippen molar-refractivity contribution in [3.05, 3.63) is 18.3 Å². The van der Waals surface area contributed by atoms with E-state index in [9.17, 15) is 4.79 Å². The topological polar surface area (TPSA) is 63.2 Å². The number of methoxy groups -OCH3 is 1. The Morgan fingerprint density at radius 1 is 1.47 bits per heavy atom. The Hall–Kier alpha value is -1.62. The highest BCUT2D eigenvalue weighted by atomic mass is 16.5. The molecule has 0 radical (unpaired) electrons. The van der Waals surface area contributed by atoms with Gasteiger partial charge in [-0.15, -0.1) is 0 Å². The molecule has 1 aromatic heterocycles. The van der Waals surface area contributed by atoms with Crippen molar-refractivity contribution in [1.29, 1.82) is 0 Å². The summed E-state index contributed by atoms with van der Waals surface area (Å²) in [7, 11) is 1.69. The number of carbonyl (C=O) groups is 1. The molecular weight excluding hydrogens is 242 g/mol. The number of nitrogens with one attached hydrogen (secondary N) is 2. The van der Waals surface area contributed by atoms with Gasteiger partial charge in [0.1, 0.15) is 5.82 Å². The molecule has 0 atom stereocenters. The van der Waals surface area contributed by atoms with E-state index in [0.29, 0.717) is 0 Å². The van der Waals surface area contributed by atoms with Crippen LogP contribution in [-0.2, 0) is 9.53 Å². The predicted octanol–water partition coefficient (Wildman–Crippen LogP) is 2.27. The Morgan fingerprint density at radius 3 is 2.89 bits per heavy atom. The maximum absolute atomic E-state index is 11.8. The van der Waals surface area contributed by atoms with Crippen molar-refractivity contribution >= 4 is 17.4 Å². The average molecular weight is 263 g/mol. The van der Waals surface area contributed by atoms with E-state index in [4.69, 9.17) is 4.74 Å². The molecule has 104 valence electrons. The zero-order valence-corrected chi connectivity index (χ0v) is 11.3. The van der Waals surface area contributed by atoms with Gasteiger partial charge < -0.3 is 15.4 Å². The van der Waals surface area contributed by atoms with Crippen LogP contribution in [0, 0.1) is 5.92 Å². The molecule has 0 spiro atoms. The first-order chi connectivity index (χ1) is 9.29. The Balaban J connectivity index is 1.75. The molecule has 1 fully saturated rings. The van der Waals surface area contributed by atoms with Gasteiger partial charge in [-0.3, -0.25) is 4.79 Å². The molecule has 19 heavy (non-hydrogen) atoms. The van der Waals surface area contributed by atoms with Crippen LogP contribution < -0.4 is 10.6 Å². The smallest absolute Gasteiger partial charge is 0.227 e. The molecule has 2 rings (SSSR count). The molecule has 0 saturated heterocycles. The van der Waals surface area contributed by atoms with Crippen molar-refractivity contribution in [2.24, 2.45) is 5.92 Å². The summed E-state index contributed by atoms with van der Waals surface area (Å²) in [6.45, 7) is 1.57. The van der Waals surface area contributed by atoms with Gasteiger partial charge >= 0.3 is 0 Å². The fourth-order valence-corrected chi connectivity index (χ4v) is 1.92. The first-order valence-corrected chi connectivity index (χ1v) is 6.79. The first-order valence-electron chi connectivity index (χ1n) is 6.79. The molecule has 5 nitrogen and oxygen atoms in total. The number of anilines is 2. The van der Waals surface area contributed by atoms with Crippen molar-refractivity contribution in [3.8, 4) is 0 Å². The lowest BCUT2D eigenvalue weighted by Crippen LogP contribution is -2.28. The third kappa shape index (κ3) is 4.21. The van der Waals surface area contributed by atoms with Crippen LogP contribution in [0.15, 0.2) is 18.3 Å². The molecule has 0 aromatic carbocycles. The van der Waals surface area contributed by atoms with Gasteiger partial charge in [-0.25, -0.2) is 4.98 Å². The summed E-state index contributed by atoms with van der Waals surface area (Å²) in [5.74, 6) is 1.14. The van der Waals surface area contributed by atoms with E-state index in [2.05, 4.69) is 15.6 Å². The second-order valence-corrected chi connectivity index (χ2v) is 4.82. The molecule has 1 amide bonds. The minimum absolute atomic E-state index is 0.119. The van der Waals surface area contributed by atoms with E-state index < -0.39 is 0 Å². The van der Waals surface area contributed by atoms with E-state index in [1.54, 1.807) is 13.3 Å². The summed E-state index contributed by atoms with van der Waals surface area (Å²) in [6.07, 6.45) is 5.82. The minimum atomic E-state index is 0.119. The molecule has 1 heterocycles. The number of hydrogen-bond donors (Lipinski definition) is 2. The summed E-state index contributed by atoms with van der Waals surface area (Å²) in [6, 6.07) is 3.76. The van der Waals surface area contributed by atoms with Gasteiger partial charge in [0, 0.05) is 26.2 Å². The normalized spacial score (nSPS) is 14.8. The number of amides is 1. The third-order valence-electron chi connectivity index (χ3n) is 3.34. The number of hydrogen-bond acceptors (Lipinski definition) is 4. The quantitative estimate of drug-likeness (QED) is 0.741. The second kappa shape index (κ2) is 7.09. The van der Waals surface area contributed by atoms with Crippen molar-refractivity contribution in [3.63, 3.8) is 0 Å².